The van der Waals surface area contributed by atoms with Crippen molar-refractivity contribution in [1.82, 2.24) is 15.2 Å². The zero-order valence-corrected chi connectivity index (χ0v) is 13.2. The molecule has 6 nitrogen and oxygen atoms in total. The van der Waals surface area contributed by atoms with Gasteiger partial charge in [0.15, 0.2) is 5.76 Å². The molecule has 0 fully saturated rings. The number of hydrogen-bond donors (Lipinski definition) is 2. The Balaban J connectivity index is 1.37. The van der Waals surface area contributed by atoms with E-state index in [1.54, 1.807) is 12.1 Å². The van der Waals surface area contributed by atoms with Crippen molar-refractivity contribution < 1.29 is 14.0 Å². The van der Waals surface area contributed by atoms with E-state index < -0.39 is 5.91 Å². The van der Waals surface area contributed by atoms with Crippen molar-refractivity contribution in [3.8, 4) is 0 Å². The summed E-state index contributed by atoms with van der Waals surface area (Å²) in [5.41, 5.74) is 1.19. The van der Waals surface area contributed by atoms with Crippen LogP contribution < -0.4 is 10.6 Å². The molecule has 0 bridgehead atoms. The molecule has 0 saturated carbocycles. The first kappa shape index (κ1) is 15.9. The lowest BCUT2D eigenvalue weighted by Gasteiger charge is -2.08. The second-order valence-electron chi connectivity index (χ2n) is 5.43. The first-order valence-corrected chi connectivity index (χ1v) is 7.86. The maximum atomic E-state index is 11.7. The van der Waals surface area contributed by atoms with E-state index in [1.807, 2.05) is 12.1 Å². The Morgan fingerprint density at radius 2 is 1.92 bits per heavy atom. The van der Waals surface area contributed by atoms with Crippen LogP contribution in [0.5, 0.6) is 0 Å². The second-order valence-corrected chi connectivity index (χ2v) is 5.43. The van der Waals surface area contributed by atoms with Crippen molar-refractivity contribution >= 4 is 22.7 Å². The van der Waals surface area contributed by atoms with Crippen LogP contribution in [0.15, 0.2) is 59.3 Å². The van der Waals surface area contributed by atoms with Gasteiger partial charge < -0.3 is 19.6 Å². The molecule has 2 aromatic heterocycles. The quantitative estimate of drug-likeness (QED) is 0.654. The minimum atomic E-state index is -0.394. The Hall–Kier alpha value is -3.02. The second kappa shape index (κ2) is 7.50. The molecule has 0 unspecified atom stereocenters. The highest BCUT2D eigenvalue weighted by molar-refractivity contribution is 5.94. The summed E-state index contributed by atoms with van der Waals surface area (Å²) >= 11 is 0. The van der Waals surface area contributed by atoms with Gasteiger partial charge in [0.25, 0.3) is 5.91 Å². The zero-order valence-electron chi connectivity index (χ0n) is 13.2. The van der Waals surface area contributed by atoms with Gasteiger partial charge in [-0.25, -0.2) is 0 Å². The summed E-state index contributed by atoms with van der Waals surface area (Å²) in [5.74, 6) is -0.413. The largest absolute Gasteiger partial charge is 0.459 e. The highest BCUT2D eigenvalue weighted by Gasteiger charge is 2.09. The summed E-state index contributed by atoms with van der Waals surface area (Å²) in [4.78, 5) is 23.4. The molecule has 0 radical (unpaired) electrons. The number of aryl methyl sites for hydroxylation is 1. The van der Waals surface area contributed by atoms with Gasteiger partial charge in [0, 0.05) is 24.8 Å². The van der Waals surface area contributed by atoms with Crippen LogP contribution in [0, 0.1) is 0 Å². The van der Waals surface area contributed by atoms with E-state index >= 15 is 0 Å². The Kier molecular flexibility index (Phi) is 4.96. The highest BCUT2D eigenvalue weighted by Crippen LogP contribution is 2.15. The lowest BCUT2D eigenvalue weighted by molar-refractivity contribution is -0.120. The highest BCUT2D eigenvalue weighted by atomic mass is 16.3. The smallest absolute Gasteiger partial charge is 0.287 e. The molecule has 0 atom stereocenters. The van der Waals surface area contributed by atoms with E-state index in [2.05, 4.69) is 39.6 Å². The van der Waals surface area contributed by atoms with Crippen LogP contribution in [0.3, 0.4) is 0 Å². The molecular formula is C18H19N3O3. The average Bonchev–Trinajstić information content (AvgIpc) is 3.26. The summed E-state index contributed by atoms with van der Waals surface area (Å²) in [6.07, 6.45) is 4.28. The number of rotatable bonds is 7. The lowest BCUT2D eigenvalue weighted by Crippen LogP contribution is -2.37. The fourth-order valence-corrected chi connectivity index (χ4v) is 2.53. The summed E-state index contributed by atoms with van der Waals surface area (Å²) in [5, 5.41) is 6.52. The minimum Gasteiger partial charge on any atom is -0.459 e. The number of aromatic nitrogens is 1. The Morgan fingerprint density at radius 1 is 1.04 bits per heavy atom. The molecule has 1 aromatic carbocycles. The van der Waals surface area contributed by atoms with Crippen molar-refractivity contribution in [2.45, 2.75) is 13.0 Å². The van der Waals surface area contributed by atoms with Gasteiger partial charge in [-0.3, -0.25) is 9.59 Å². The number of nitrogens with one attached hydrogen (secondary N) is 2. The maximum absolute atomic E-state index is 11.7. The van der Waals surface area contributed by atoms with Gasteiger partial charge in [-0.1, -0.05) is 18.2 Å². The van der Waals surface area contributed by atoms with Crippen molar-refractivity contribution in [3.05, 3.63) is 60.7 Å². The van der Waals surface area contributed by atoms with Gasteiger partial charge >= 0.3 is 0 Å². The van der Waals surface area contributed by atoms with E-state index in [4.69, 9.17) is 4.42 Å². The minimum absolute atomic E-state index is 0.0635. The third-order valence-electron chi connectivity index (χ3n) is 3.73. The van der Waals surface area contributed by atoms with Crippen LogP contribution in [0.25, 0.3) is 10.9 Å². The summed E-state index contributed by atoms with van der Waals surface area (Å²) < 4.78 is 7.12. The van der Waals surface area contributed by atoms with Gasteiger partial charge in [-0.2, -0.15) is 0 Å². The van der Waals surface area contributed by atoms with E-state index in [-0.39, 0.29) is 18.2 Å². The van der Waals surface area contributed by atoms with E-state index in [0.717, 1.165) is 13.0 Å². The molecule has 2 N–H and O–H groups in total. The number of carbonyl (C=O) groups excluding carboxylic acids is 2. The van der Waals surface area contributed by atoms with Crippen molar-refractivity contribution in [2.24, 2.45) is 0 Å². The van der Waals surface area contributed by atoms with Crippen molar-refractivity contribution in [2.75, 3.05) is 13.1 Å². The number of carbonyl (C=O) groups is 2. The van der Waals surface area contributed by atoms with Crippen LogP contribution in [0.1, 0.15) is 17.0 Å². The standard InChI is InChI=1S/C18H19N3O3/c22-17(13-20-18(23)16-7-3-12-24-16)19-9-4-10-21-11-8-14-5-1-2-6-15(14)21/h1-3,5-8,11-12H,4,9-10,13H2,(H,19,22)(H,20,23). The van der Waals surface area contributed by atoms with Gasteiger partial charge in [0.2, 0.25) is 5.91 Å². The van der Waals surface area contributed by atoms with Crippen LogP contribution in [-0.4, -0.2) is 29.5 Å². The van der Waals surface area contributed by atoms with Gasteiger partial charge in [0.05, 0.1) is 12.8 Å². The molecule has 3 aromatic rings. The SMILES string of the molecule is O=C(CNC(=O)c1ccco1)NCCCn1ccc2ccccc21. The number of nitrogens with zero attached hydrogens (tertiary/aromatic N) is 1. The third-order valence-corrected chi connectivity index (χ3v) is 3.73. The molecule has 2 amide bonds. The van der Waals surface area contributed by atoms with Gasteiger partial charge in [-0.05, 0) is 36.1 Å². The molecule has 0 aliphatic carbocycles. The van der Waals surface area contributed by atoms with Crippen LogP contribution >= 0.6 is 0 Å². The molecule has 6 heteroatoms. The molecular weight excluding hydrogens is 306 g/mol. The average molecular weight is 325 g/mol. The fraction of sp³-hybridized carbons (Fsp3) is 0.222. The van der Waals surface area contributed by atoms with Crippen LogP contribution in [-0.2, 0) is 11.3 Å². The molecule has 0 aliphatic rings. The predicted octanol–water partition coefficient (Wildman–Crippen LogP) is 2.17. The Morgan fingerprint density at radius 3 is 2.75 bits per heavy atom. The molecule has 2 heterocycles. The van der Waals surface area contributed by atoms with Gasteiger partial charge in [-0.15, -0.1) is 0 Å². The van der Waals surface area contributed by atoms with E-state index in [1.165, 1.54) is 17.2 Å². The maximum Gasteiger partial charge on any atom is 0.287 e. The Bertz CT molecular complexity index is 821. The molecule has 0 aliphatic heterocycles. The summed E-state index contributed by atoms with van der Waals surface area (Å²) in [7, 11) is 0. The number of para-hydroxylation sites is 1. The molecule has 0 saturated heterocycles. The topological polar surface area (TPSA) is 76.3 Å². The number of fused-ring (bicyclic) bond motifs is 1. The monoisotopic (exact) mass is 325 g/mol. The summed E-state index contributed by atoms with van der Waals surface area (Å²) in [6.45, 7) is 1.32. The fourth-order valence-electron chi connectivity index (χ4n) is 2.53. The first-order valence-electron chi connectivity index (χ1n) is 7.86. The van der Waals surface area contributed by atoms with Crippen molar-refractivity contribution in [1.29, 1.82) is 0 Å². The number of furan rings is 1. The van der Waals surface area contributed by atoms with E-state index in [9.17, 15) is 9.59 Å². The molecule has 0 spiro atoms. The van der Waals surface area contributed by atoms with Crippen LogP contribution in [0.4, 0.5) is 0 Å². The van der Waals surface area contributed by atoms with Gasteiger partial charge in [0.1, 0.15) is 0 Å². The first-order chi connectivity index (χ1) is 11.7. The number of amides is 2. The number of benzene rings is 1. The molecule has 3 rings (SSSR count). The number of hydrogen-bond acceptors (Lipinski definition) is 3. The van der Waals surface area contributed by atoms with E-state index in [0.29, 0.717) is 6.54 Å². The summed E-state index contributed by atoms with van der Waals surface area (Å²) in [6, 6.07) is 13.5. The molecule has 24 heavy (non-hydrogen) atoms. The zero-order chi connectivity index (χ0) is 16.8. The molecule has 124 valence electrons. The van der Waals surface area contributed by atoms with Crippen LogP contribution in [0.2, 0.25) is 0 Å². The normalized spacial score (nSPS) is 10.7. The Labute approximate surface area is 139 Å². The third kappa shape index (κ3) is 3.84. The predicted molar refractivity (Wildman–Crippen MR) is 90.6 cm³/mol. The van der Waals surface area contributed by atoms with Crippen molar-refractivity contribution in [3.63, 3.8) is 0 Å². The lowest BCUT2D eigenvalue weighted by atomic mass is 10.2.